The van der Waals surface area contributed by atoms with Gasteiger partial charge in [0.1, 0.15) is 0 Å². The predicted octanol–water partition coefficient (Wildman–Crippen LogP) is 2.09. The molecule has 1 amide bonds. The first-order valence-corrected chi connectivity index (χ1v) is 4.58. The van der Waals surface area contributed by atoms with Crippen molar-refractivity contribution in [2.75, 3.05) is 6.54 Å². The van der Waals surface area contributed by atoms with E-state index < -0.39 is 0 Å². The van der Waals surface area contributed by atoms with E-state index in [0.717, 1.165) is 19.4 Å². The van der Waals surface area contributed by atoms with Crippen LogP contribution in [0.4, 0.5) is 0 Å². The van der Waals surface area contributed by atoms with Crippen molar-refractivity contribution < 1.29 is 4.79 Å². The van der Waals surface area contributed by atoms with Crippen molar-refractivity contribution in [3.8, 4) is 0 Å². The Hall–Kier alpha value is -0.530. The molecule has 1 N–H and O–H groups in total. The molecule has 0 aromatic rings. The summed E-state index contributed by atoms with van der Waals surface area (Å²) in [4.78, 5) is 11.0. The van der Waals surface area contributed by atoms with Crippen LogP contribution in [0.5, 0.6) is 0 Å². The van der Waals surface area contributed by atoms with E-state index in [4.69, 9.17) is 0 Å². The molecule has 0 bridgehead atoms. The van der Waals surface area contributed by atoms with Crippen LogP contribution in [0.15, 0.2) is 0 Å². The Morgan fingerprint density at radius 3 is 2.45 bits per heavy atom. The number of carbonyl (C=O) groups excluding carboxylic acids is 1. The minimum absolute atomic E-state index is 0.209. The summed E-state index contributed by atoms with van der Waals surface area (Å²) in [5.41, 5.74) is 0. The second-order valence-corrected chi connectivity index (χ2v) is 2.81. The Kier molecular flexibility index (Phi) is 7.21. The molecule has 0 saturated carbocycles. The highest BCUT2D eigenvalue weighted by molar-refractivity contribution is 5.75. The third-order valence-corrected chi connectivity index (χ3v) is 1.58. The van der Waals surface area contributed by atoms with Gasteiger partial charge in [-0.05, 0) is 12.8 Å². The lowest BCUT2D eigenvalue weighted by Gasteiger charge is -2.01. The molecule has 0 aliphatic rings. The summed E-state index contributed by atoms with van der Waals surface area (Å²) in [6.07, 6.45) is 5.11. The van der Waals surface area contributed by atoms with Gasteiger partial charge in [-0.15, -0.1) is 0 Å². The number of nitrogens with one attached hydrogen (secondary N) is 1. The van der Waals surface area contributed by atoms with Crippen LogP contribution < -0.4 is 5.32 Å². The van der Waals surface area contributed by atoms with Gasteiger partial charge in [0.15, 0.2) is 0 Å². The SMILES string of the molecule is CCCCCC(=O)NCCC. The van der Waals surface area contributed by atoms with E-state index in [2.05, 4.69) is 19.2 Å². The number of unbranched alkanes of at least 4 members (excludes halogenated alkanes) is 2. The number of rotatable bonds is 6. The fourth-order valence-electron chi connectivity index (χ4n) is 0.888. The fourth-order valence-corrected chi connectivity index (χ4v) is 0.888. The maximum atomic E-state index is 11.0. The van der Waals surface area contributed by atoms with E-state index in [-0.39, 0.29) is 5.91 Å². The summed E-state index contributed by atoms with van der Waals surface area (Å²) in [5.74, 6) is 0.209. The molecule has 0 unspecified atom stereocenters. The summed E-state index contributed by atoms with van der Waals surface area (Å²) in [6, 6.07) is 0. The van der Waals surface area contributed by atoms with Gasteiger partial charge in [0.2, 0.25) is 5.91 Å². The molecule has 2 nitrogen and oxygen atoms in total. The molecule has 0 heterocycles. The smallest absolute Gasteiger partial charge is 0.219 e. The fraction of sp³-hybridized carbons (Fsp3) is 0.889. The highest BCUT2D eigenvalue weighted by atomic mass is 16.1. The standard InChI is InChI=1S/C9H19NO/c1-3-5-6-7-9(11)10-8-4-2/h3-8H2,1-2H3,(H,10,11). The average molecular weight is 157 g/mol. The quantitative estimate of drug-likeness (QED) is 0.588. The zero-order valence-electron chi connectivity index (χ0n) is 7.65. The van der Waals surface area contributed by atoms with Crippen LogP contribution in [0.25, 0.3) is 0 Å². The molecule has 0 fully saturated rings. The average Bonchev–Trinajstić information content (AvgIpc) is 2.01. The van der Waals surface area contributed by atoms with Gasteiger partial charge in [0.25, 0.3) is 0 Å². The van der Waals surface area contributed by atoms with E-state index >= 15 is 0 Å². The van der Waals surface area contributed by atoms with Crippen molar-refractivity contribution >= 4 is 5.91 Å². The second-order valence-electron chi connectivity index (χ2n) is 2.81. The largest absolute Gasteiger partial charge is 0.356 e. The van der Waals surface area contributed by atoms with Gasteiger partial charge < -0.3 is 5.32 Å². The molecule has 2 heteroatoms. The maximum absolute atomic E-state index is 11.0. The van der Waals surface area contributed by atoms with Crippen LogP contribution in [-0.4, -0.2) is 12.5 Å². The zero-order chi connectivity index (χ0) is 8.53. The van der Waals surface area contributed by atoms with Crippen LogP contribution in [0.1, 0.15) is 46.0 Å². The first-order valence-electron chi connectivity index (χ1n) is 4.58. The first kappa shape index (κ1) is 10.5. The molecule has 0 rings (SSSR count). The van der Waals surface area contributed by atoms with Crippen LogP contribution in [0.3, 0.4) is 0 Å². The molecule has 0 radical (unpaired) electrons. The molecule has 0 aliphatic carbocycles. The maximum Gasteiger partial charge on any atom is 0.219 e. The van der Waals surface area contributed by atoms with Crippen molar-refractivity contribution in [1.82, 2.24) is 5.32 Å². The van der Waals surface area contributed by atoms with Gasteiger partial charge in [-0.1, -0.05) is 26.7 Å². The van der Waals surface area contributed by atoms with Crippen molar-refractivity contribution in [3.63, 3.8) is 0 Å². The topological polar surface area (TPSA) is 29.1 Å². The first-order chi connectivity index (χ1) is 5.31. The normalized spacial score (nSPS) is 9.64. The molecule has 0 aromatic heterocycles. The number of carbonyl (C=O) groups is 1. The summed E-state index contributed by atoms with van der Waals surface area (Å²) in [5, 5.41) is 2.85. The predicted molar refractivity (Wildman–Crippen MR) is 47.4 cm³/mol. The second kappa shape index (κ2) is 7.58. The molecule has 11 heavy (non-hydrogen) atoms. The highest BCUT2D eigenvalue weighted by Crippen LogP contribution is 1.97. The van der Waals surface area contributed by atoms with Crippen LogP contribution in [0, 0.1) is 0 Å². The molecular weight excluding hydrogens is 138 g/mol. The summed E-state index contributed by atoms with van der Waals surface area (Å²) >= 11 is 0. The molecular formula is C9H19NO. The van der Waals surface area contributed by atoms with E-state index in [0.29, 0.717) is 6.42 Å². The number of hydrogen-bond donors (Lipinski definition) is 1. The van der Waals surface area contributed by atoms with E-state index in [1.807, 2.05) is 0 Å². The molecule has 0 saturated heterocycles. The number of amides is 1. The van der Waals surface area contributed by atoms with Crippen molar-refractivity contribution in [1.29, 1.82) is 0 Å². The summed E-state index contributed by atoms with van der Waals surface area (Å²) in [6.45, 7) is 5.03. The van der Waals surface area contributed by atoms with Crippen LogP contribution in [0.2, 0.25) is 0 Å². The molecule has 0 spiro atoms. The Balaban J connectivity index is 3.09. The Morgan fingerprint density at radius 1 is 1.18 bits per heavy atom. The van der Waals surface area contributed by atoms with Gasteiger partial charge in [-0.25, -0.2) is 0 Å². The molecule has 0 atom stereocenters. The van der Waals surface area contributed by atoms with Crippen LogP contribution >= 0.6 is 0 Å². The monoisotopic (exact) mass is 157 g/mol. The van der Waals surface area contributed by atoms with Gasteiger partial charge in [0.05, 0.1) is 0 Å². The summed E-state index contributed by atoms with van der Waals surface area (Å²) in [7, 11) is 0. The molecule has 0 aliphatic heterocycles. The Labute approximate surface area is 69.4 Å². The van der Waals surface area contributed by atoms with Gasteiger partial charge in [-0.2, -0.15) is 0 Å². The Bertz CT molecular complexity index is 102. The zero-order valence-corrected chi connectivity index (χ0v) is 7.65. The lowest BCUT2D eigenvalue weighted by Crippen LogP contribution is -2.23. The van der Waals surface area contributed by atoms with Gasteiger partial charge >= 0.3 is 0 Å². The molecule has 66 valence electrons. The number of hydrogen-bond acceptors (Lipinski definition) is 1. The van der Waals surface area contributed by atoms with Crippen molar-refractivity contribution in [2.45, 2.75) is 46.0 Å². The molecule has 0 aromatic carbocycles. The third-order valence-electron chi connectivity index (χ3n) is 1.58. The minimum atomic E-state index is 0.209. The lowest BCUT2D eigenvalue weighted by atomic mass is 10.2. The van der Waals surface area contributed by atoms with E-state index in [9.17, 15) is 4.79 Å². The highest BCUT2D eigenvalue weighted by Gasteiger charge is 1.97. The summed E-state index contributed by atoms with van der Waals surface area (Å²) < 4.78 is 0. The minimum Gasteiger partial charge on any atom is -0.356 e. The van der Waals surface area contributed by atoms with Crippen LogP contribution in [-0.2, 0) is 4.79 Å². The van der Waals surface area contributed by atoms with Crippen molar-refractivity contribution in [2.24, 2.45) is 0 Å². The van der Waals surface area contributed by atoms with E-state index in [1.54, 1.807) is 0 Å². The van der Waals surface area contributed by atoms with E-state index in [1.165, 1.54) is 12.8 Å². The van der Waals surface area contributed by atoms with Gasteiger partial charge in [-0.3, -0.25) is 4.79 Å². The lowest BCUT2D eigenvalue weighted by molar-refractivity contribution is -0.121. The third kappa shape index (κ3) is 7.37. The Morgan fingerprint density at radius 2 is 1.91 bits per heavy atom. The van der Waals surface area contributed by atoms with Gasteiger partial charge in [0, 0.05) is 13.0 Å². The van der Waals surface area contributed by atoms with Crippen molar-refractivity contribution in [3.05, 3.63) is 0 Å².